The number of hydrogen-bond acceptors (Lipinski definition) is 4. The zero-order valence-corrected chi connectivity index (χ0v) is 13.4. The van der Waals surface area contributed by atoms with Gasteiger partial charge in [0.05, 0.1) is 5.52 Å². The van der Waals surface area contributed by atoms with Gasteiger partial charge in [0.1, 0.15) is 5.82 Å². The Bertz CT molecular complexity index is 560. The minimum atomic E-state index is 0.696. The SMILES string of the molecule is CCCCN(CCCC)c1nc(NC)nc2ccccc12. The second-order valence-corrected chi connectivity index (χ2v) is 5.33. The Morgan fingerprint density at radius 3 is 2.29 bits per heavy atom. The predicted molar refractivity (Wildman–Crippen MR) is 91.1 cm³/mol. The molecule has 0 bridgehead atoms. The summed E-state index contributed by atoms with van der Waals surface area (Å²) in [5.74, 6) is 1.76. The van der Waals surface area contributed by atoms with Crippen LogP contribution in [0.3, 0.4) is 0 Å². The lowest BCUT2D eigenvalue weighted by molar-refractivity contribution is 0.673. The minimum Gasteiger partial charge on any atom is -0.357 e. The summed E-state index contributed by atoms with van der Waals surface area (Å²) >= 11 is 0. The first-order valence-corrected chi connectivity index (χ1v) is 7.99. The second kappa shape index (κ2) is 7.81. The van der Waals surface area contributed by atoms with Crippen LogP contribution in [0.1, 0.15) is 39.5 Å². The quantitative estimate of drug-likeness (QED) is 0.794. The van der Waals surface area contributed by atoms with E-state index in [0.717, 1.165) is 29.8 Å². The van der Waals surface area contributed by atoms with Crippen LogP contribution in [-0.2, 0) is 0 Å². The predicted octanol–water partition coefficient (Wildman–Crippen LogP) is 4.08. The number of nitrogens with zero attached hydrogens (tertiary/aromatic N) is 3. The van der Waals surface area contributed by atoms with Crippen LogP contribution in [0.5, 0.6) is 0 Å². The van der Waals surface area contributed by atoms with Gasteiger partial charge >= 0.3 is 0 Å². The largest absolute Gasteiger partial charge is 0.357 e. The van der Waals surface area contributed by atoms with Crippen molar-refractivity contribution in [2.24, 2.45) is 0 Å². The molecule has 0 aliphatic heterocycles. The van der Waals surface area contributed by atoms with E-state index >= 15 is 0 Å². The normalized spacial score (nSPS) is 10.8. The maximum absolute atomic E-state index is 4.73. The summed E-state index contributed by atoms with van der Waals surface area (Å²) in [6.07, 6.45) is 4.78. The van der Waals surface area contributed by atoms with Gasteiger partial charge in [-0.25, -0.2) is 4.98 Å². The average molecular weight is 286 g/mol. The Morgan fingerprint density at radius 1 is 1.00 bits per heavy atom. The molecule has 0 atom stereocenters. The highest BCUT2D eigenvalue weighted by Gasteiger charge is 2.13. The van der Waals surface area contributed by atoms with Crippen molar-refractivity contribution in [3.05, 3.63) is 24.3 Å². The van der Waals surface area contributed by atoms with Crippen LogP contribution >= 0.6 is 0 Å². The van der Waals surface area contributed by atoms with Gasteiger partial charge in [0.15, 0.2) is 0 Å². The average Bonchev–Trinajstić information content (AvgIpc) is 2.54. The van der Waals surface area contributed by atoms with E-state index in [2.05, 4.69) is 47.2 Å². The number of hydrogen-bond donors (Lipinski definition) is 1. The van der Waals surface area contributed by atoms with Gasteiger partial charge in [-0.2, -0.15) is 4.98 Å². The van der Waals surface area contributed by atoms with Crippen LogP contribution in [-0.4, -0.2) is 30.1 Å². The molecule has 4 heteroatoms. The summed E-state index contributed by atoms with van der Waals surface area (Å²) in [6, 6.07) is 8.27. The van der Waals surface area contributed by atoms with Crippen LogP contribution in [0.2, 0.25) is 0 Å². The number of anilines is 2. The van der Waals surface area contributed by atoms with Crippen LogP contribution in [0.25, 0.3) is 10.9 Å². The number of aromatic nitrogens is 2. The molecule has 0 aliphatic rings. The van der Waals surface area contributed by atoms with E-state index in [0.29, 0.717) is 5.95 Å². The van der Waals surface area contributed by atoms with Crippen LogP contribution in [0.15, 0.2) is 24.3 Å². The summed E-state index contributed by atoms with van der Waals surface area (Å²) in [5, 5.41) is 4.22. The molecule has 4 nitrogen and oxygen atoms in total. The first kappa shape index (κ1) is 15.5. The maximum atomic E-state index is 4.73. The van der Waals surface area contributed by atoms with E-state index in [4.69, 9.17) is 4.98 Å². The Kier molecular flexibility index (Phi) is 5.78. The summed E-state index contributed by atoms with van der Waals surface area (Å²) in [6.45, 7) is 6.57. The summed E-state index contributed by atoms with van der Waals surface area (Å²) in [5.41, 5.74) is 1.00. The third kappa shape index (κ3) is 3.84. The Hall–Kier alpha value is -1.84. The fraction of sp³-hybridized carbons (Fsp3) is 0.529. The molecular weight excluding hydrogens is 260 g/mol. The third-order valence-electron chi connectivity index (χ3n) is 3.67. The fourth-order valence-corrected chi connectivity index (χ4v) is 2.43. The highest BCUT2D eigenvalue weighted by molar-refractivity contribution is 5.90. The van der Waals surface area contributed by atoms with Crippen molar-refractivity contribution in [2.45, 2.75) is 39.5 Å². The van der Waals surface area contributed by atoms with Gasteiger partial charge < -0.3 is 10.2 Å². The van der Waals surface area contributed by atoms with Crippen LogP contribution < -0.4 is 10.2 Å². The van der Waals surface area contributed by atoms with E-state index in [1.165, 1.54) is 25.7 Å². The summed E-state index contributed by atoms with van der Waals surface area (Å²) in [4.78, 5) is 11.7. The van der Waals surface area contributed by atoms with Gasteiger partial charge in [-0.1, -0.05) is 38.8 Å². The second-order valence-electron chi connectivity index (χ2n) is 5.33. The molecule has 1 heterocycles. The molecule has 114 valence electrons. The first-order chi connectivity index (χ1) is 10.3. The fourth-order valence-electron chi connectivity index (χ4n) is 2.43. The molecule has 0 radical (unpaired) electrons. The van der Waals surface area contributed by atoms with E-state index in [-0.39, 0.29) is 0 Å². The molecule has 0 amide bonds. The molecule has 0 spiro atoms. The maximum Gasteiger partial charge on any atom is 0.224 e. The number of rotatable bonds is 8. The van der Waals surface area contributed by atoms with E-state index in [1.54, 1.807) is 0 Å². The van der Waals surface area contributed by atoms with Crippen molar-refractivity contribution < 1.29 is 0 Å². The zero-order valence-electron chi connectivity index (χ0n) is 13.4. The topological polar surface area (TPSA) is 41.1 Å². The molecule has 0 fully saturated rings. The van der Waals surface area contributed by atoms with Crippen molar-refractivity contribution >= 4 is 22.7 Å². The van der Waals surface area contributed by atoms with Crippen molar-refractivity contribution in [1.82, 2.24) is 9.97 Å². The lowest BCUT2D eigenvalue weighted by Crippen LogP contribution is -2.27. The molecule has 0 saturated heterocycles. The number of para-hydroxylation sites is 1. The van der Waals surface area contributed by atoms with Gasteiger partial charge in [0.2, 0.25) is 5.95 Å². The highest BCUT2D eigenvalue weighted by Crippen LogP contribution is 2.25. The smallest absolute Gasteiger partial charge is 0.224 e. The van der Waals surface area contributed by atoms with Gasteiger partial charge in [0.25, 0.3) is 0 Å². The molecule has 2 aromatic rings. The summed E-state index contributed by atoms with van der Waals surface area (Å²) in [7, 11) is 1.87. The van der Waals surface area contributed by atoms with Crippen molar-refractivity contribution in [2.75, 3.05) is 30.4 Å². The standard InChI is InChI=1S/C17H26N4/c1-4-6-12-21(13-7-5-2)16-14-10-8-9-11-15(14)19-17(18-3)20-16/h8-11H,4-7,12-13H2,1-3H3,(H,18,19,20). The number of benzene rings is 1. The monoisotopic (exact) mass is 286 g/mol. The van der Waals surface area contributed by atoms with Gasteiger partial charge in [-0.05, 0) is 25.0 Å². The van der Waals surface area contributed by atoms with Crippen molar-refractivity contribution in [3.63, 3.8) is 0 Å². The molecule has 0 saturated carbocycles. The van der Waals surface area contributed by atoms with Crippen molar-refractivity contribution in [3.8, 4) is 0 Å². The van der Waals surface area contributed by atoms with E-state index < -0.39 is 0 Å². The number of fused-ring (bicyclic) bond motifs is 1. The van der Waals surface area contributed by atoms with Crippen LogP contribution in [0, 0.1) is 0 Å². The third-order valence-corrected chi connectivity index (χ3v) is 3.67. The van der Waals surface area contributed by atoms with Crippen molar-refractivity contribution in [1.29, 1.82) is 0 Å². The van der Waals surface area contributed by atoms with Gasteiger partial charge in [-0.15, -0.1) is 0 Å². The number of nitrogens with one attached hydrogen (secondary N) is 1. The molecule has 1 N–H and O–H groups in total. The summed E-state index contributed by atoms with van der Waals surface area (Å²) < 4.78 is 0. The lowest BCUT2D eigenvalue weighted by atomic mass is 10.2. The lowest BCUT2D eigenvalue weighted by Gasteiger charge is -2.25. The molecule has 1 aromatic carbocycles. The molecule has 2 rings (SSSR count). The Labute approximate surface area is 127 Å². The number of unbranched alkanes of at least 4 members (excludes halogenated alkanes) is 2. The Morgan fingerprint density at radius 2 is 1.67 bits per heavy atom. The van der Waals surface area contributed by atoms with Gasteiger partial charge in [-0.3, -0.25) is 0 Å². The molecule has 0 unspecified atom stereocenters. The highest BCUT2D eigenvalue weighted by atomic mass is 15.2. The van der Waals surface area contributed by atoms with E-state index in [1.807, 2.05) is 13.1 Å². The van der Waals surface area contributed by atoms with Gasteiger partial charge in [0, 0.05) is 25.5 Å². The molecule has 0 aliphatic carbocycles. The zero-order chi connectivity index (χ0) is 15.1. The van der Waals surface area contributed by atoms with Crippen LogP contribution in [0.4, 0.5) is 11.8 Å². The molecule has 21 heavy (non-hydrogen) atoms. The molecular formula is C17H26N4. The molecule has 1 aromatic heterocycles. The minimum absolute atomic E-state index is 0.696. The van der Waals surface area contributed by atoms with E-state index in [9.17, 15) is 0 Å². The first-order valence-electron chi connectivity index (χ1n) is 7.99. The Balaban J connectivity index is 2.43.